The third-order valence-electron chi connectivity index (χ3n) is 3.66. The Balaban J connectivity index is 1.73. The van der Waals surface area contributed by atoms with Crippen LogP contribution in [0.3, 0.4) is 0 Å². The van der Waals surface area contributed by atoms with Gasteiger partial charge in [0.05, 0.1) is 11.5 Å². The number of aryl methyl sites for hydroxylation is 2. The van der Waals surface area contributed by atoms with Crippen molar-refractivity contribution in [3.05, 3.63) is 59.2 Å². The lowest BCUT2D eigenvalue weighted by atomic mass is 10.1. The topological polar surface area (TPSA) is 43.4 Å². The van der Waals surface area contributed by atoms with Gasteiger partial charge in [-0.3, -0.25) is 4.18 Å². The van der Waals surface area contributed by atoms with Crippen LogP contribution in [-0.4, -0.2) is 14.2 Å². The van der Waals surface area contributed by atoms with Gasteiger partial charge in [0.2, 0.25) is 0 Å². The van der Waals surface area contributed by atoms with Crippen molar-refractivity contribution in [2.24, 2.45) is 0 Å². The molecule has 1 aliphatic heterocycles. The first kappa shape index (κ1) is 15.6. The second-order valence-corrected chi connectivity index (χ2v) is 8.18. The Bertz CT molecular complexity index is 765. The van der Waals surface area contributed by atoms with Crippen molar-refractivity contribution in [2.45, 2.75) is 36.2 Å². The number of hydrogen-bond donors (Lipinski definition) is 0. The highest BCUT2D eigenvalue weighted by molar-refractivity contribution is 7.99. The monoisotopic (exact) mass is 334 g/mol. The van der Waals surface area contributed by atoms with Gasteiger partial charge < -0.3 is 0 Å². The van der Waals surface area contributed by atoms with Gasteiger partial charge in [-0.25, -0.2) is 0 Å². The first-order valence-electron chi connectivity index (χ1n) is 7.25. The van der Waals surface area contributed by atoms with E-state index in [9.17, 15) is 8.42 Å². The maximum absolute atomic E-state index is 12.2. The lowest BCUT2D eigenvalue weighted by Gasteiger charge is -2.16. The lowest BCUT2D eigenvalue weighted by molar-refractivity contribution is 0.308. The third-order valence-corrected chi connectivity index (χ3v) is 6.14. The molecular formula is C17H18O3S2. The molecule has 0 N–H and O–H groups in total. The fraction of sp³-hybridized carbons (Fsp3) is 0.294. The van der Waals surface area contributed by atoms with Crippen LogP contribution in [-0.2, 0) is 27.3 Å². The third kappa shape index (κ3) is 3.54. The van der Waals surface area contributed by atoms with Crippen LogP contribution in [0.1, 0.15) is 23.1 Å². The first-order valence-corrected chi connectivity index (χ1v) is 9.65. The quantitative estimate of drug-likeness (QED) is 0.794. The van der Waals surface area contributed by atoms with E-state index in [0.29, 0.717) is 0 Å². The number of rotatable bonds is 4. The Morgan fingerprint density at radius 1 is 1.14 bits per heavy atom. The molecule has 0 fully saturated rings. The predicted molar refractivity (Wildman–Crippen MR) is 88.6 cm³/mol. The van der Waals surface area contributed by atoms with Crippen molar-refractivity contribution in [3.63, 3.8) is 0 Å². The van der Waals surface area contributed by atoms with Gasteiger partial charge in [-0.05, 0) is 54.8 Å². The van der Waals surface area contributed by atoms with E-state index in [2.05, 4.69) is 12.1 Å². The molecule has 0 saturated heterocycles. The molecule has 0 radical (unpaired) electrons. The lowest BCUT2D eigenvalue weighted by Crippen LogP contribution is -2.07. The Kier molecular flexibility index (Phi) is 4.57. The van der Waals surface area contributed by atoms with Gasteiger partial charge in [0.1, 0.15) is 0 Å². The molecule has 2 aromatic carbocycles. The zero-order valence-corrected chi connectivity index (χ0v) is 14.0. The summed E-state index contributed by atoms with van der Waals surface area (Å²) in [6.45, 7) is 2.00. The second-order valence-electron chi connectivity index (χ2n) is 5.42. The maximum atomic E-state index is 12.2. The zero-order valence-electron chi connectivity index (χ0n) is 12.4. The van der Waals surface area contributed by atoms with Crippen LogP contribution in [0, 0.1) is 6.92 Å². The fourth-order valence-corrected chi connectivity index (χ4v) is 4.34. The molecule has 22 heavy (non-hydrogen) atoms. The molecule has 0 saturated carbocycles. The van der Waals surface area contributed by atoms with Crippen LogP contribution >= 0.6 is 11.8 Å². The van der Waals surface area contributed by atoms with E-state index in [0.717, 1.165) is 23.3 Å². The molecule has 0 atom stereocenters. The average Bonchev–Trinajstić information content (AvgIpc) is 2.53. The van der Waals surface area contributed by atoms with E-state index in [1.54, 1.807) is 24.3 Å². The van der Waals surface area contributed by atoms with Gasteiger partial charge in [-0.1, -0.05) is 29.8 Å². The highest BCUT2D eigenvalue weighted by Gasteiger charge is 2.16. The van der Waals surface area contributed by atoms with Crippen LogP contribution in [0.2, 0.25) is 0 Å². The molecule has 0 bridgehead atoms. The highest BCUT2D eigenvalue weighted by Crippen LogP contribution is 2.30. The standard InChI is InChI=1S/C17H18O3S2/c1-13-4-7-16(8-5-13)22(18,19)20-12-14-6-9-17-15(11-14)3-2-10-21-17/h4-9,11H,2-3,10,12H2,1H3. The number of hydrogen-bond acceptors (Lipinski definition) is 4. The Labute approximate surface area is 135 Å². The van der Waals surface area contributed by atoms with Crippen molar-refractivity contribution in [1.29, 1.82) is 0 Å². The molecule has 0 aromatic heterocycles. The summed E-state index contributed by atoms with van der Waals surface area (Å²) >= 11 is 1.86. The van der Waals surface area contributed by atoms with Crippen molar-refractivity contribution in [2.75, 3.05) is 5.75 Å². The molecule has 0 spiro atoms. The second kappa shape index (κ2) is 6.44. The van der Waals surface area contributed by atoms with Crippen LogP contribution < -0.4 is 0 Å². The number of thioether (sulfide) groups is 1. The Morgan fingerprint density at radius 3 is 2.68 bits per heavy atom. The predicted octanol–water partition coefficient (Wildman–Crippen LogP) is 3.94. The fourth-order valence-electron chi connectivity index (χ4n) is 2.42. The summed E-state index contributed by atoms with van der Waals surface area (Å²) in [4.78, 5) is 1.50. The minimum Gasteiger partial charge on any atom is -0.262 e. The van der Waals surface area contributed by atoms with E-state index >= 15 is 0 Å². The van der Waals surface area contributed by atoms with E-state index in [1.807, 2.05) is 24.8 Å². The van der Waals surface area contributed by atoms with E-state index in [-0.39, 0.29) is 11.5 Å². The van der Waals surface area contributed by atoms with E-state index < -0.39 is 10.1 Å². The van der Waals surface area contributed by atoms with Crippen molar-refractivity contribution in [3.8, 4) is 0 Å². The van der Waals surface area contributed by atoms with Gasteiger partial charge in [-0.15, -0.1) is 11.8 Å². The molecule has 3 nitrogen and oxygen atoms in total. The summed E-state index contributed by atoms with van der Waals surface area (Å²) < 4.78 is 29.6. The molecule has 1 heterocycles. The maximum Gasteiger partial charge on any atom is 0.297 e. The minimum atomic E-state index is -3.70. The summed E-state index contributed by atoms with van der Waals surface area (Å²) in [6, 6.07) is 12.8. The van der Waals surface area contributed by atoms with E-state index in [4.69, 9.17) is 4.18 Å². The average molecular weight is 334 g/mol. The minimum absolute atomic E-state index is 0.0775. The summed E-state index contributed by atoms with van der Waals surface area (Å²) in [5.74, 6) is 1.16. The molecule has 0 aliphatic carbocycles. The molecule has 5 heteroatoms. The molecule has 116 valence electrons. The van der Waals surface area contributed by atoms with Crippen molar-refractivity contribution >= 4 is 21.9 Å². The molecule has 3 rings (SSSR count). The SMILES string of the molecule is Cc1ccc(S(=O)(=O)OCc2ccc3c(c2)CCCS3)cc1. The van der Waals surface area contributed by atoms with Gasteiger partial charge in [0, 0.05) is 4.90 Å². The van der Waals surface area contributed by atoms with Gasteiger partial charge in [0.15, 0.2) is 0 Å². The van der Waals surface area contributed by atoms with E-state index in [1.165, 1.54) is 16.9 Å². The number of fused-ring (bicyclic) bond motifs is 1. The number of benzene rings is 2. The van der Waals surface area contributed by atoms with Crippen LogP contribution in [0.4, 0.5) is 0 Å². The molecule has 0 unspecified atom stereocenters. The summed E-state index contributed by atoms with van der Waals surface area (Å²) in [6.07, 6.45) is 2.23. The molecule has 0 amide bonds. The molecule has 2 aromatic rings. The smallest absolute Gasteiger partial charge is 0.262 e. The van der Waals surface area contributed by atoms with Crippen LogP contribution in [0.25, 0.3) is 0 Å². The summed E-state index contributed by atoms with van der Waals surface area (Å²) in [5.41, 5.74) is 3.22. The Morgan fingerprint density at radius 2 is 1.91 bits per heavy atom. The van der Waals surface area contributed by atoms with Crippen molar-refractivity contribution < 1.29 is 12.6 Å². The highest BCUT2D eigenvalue weighted by atomic mass is 32.2. The van der Waals surface area contributed by atoms with Gasteiger partial charge in [-0.2, -0.15) is 8.42 Å². The molecular weight excluding hydrogens is 316 g/mol. The van der Waals surface area contributed by atoms with Gasteiger partial charge in [0.25, 0.3) is 10.1 Å². The van der Waals surface area contributed by atoms with Crippen LogP contribution in [0.5, 0.6) is 0 Å². The largest absolute Gasteiger partial charge is 0.297 e. The Hall–Kier alpha value is -1.30. The summed E-state index contributed by atoms with van der Waals surface area (Å²) in [7, 11) is -3.70. The molecule has 1 aliphatic rings. The first-order chi connectivity index (χ1) is 10.5. The van der Waals surface area contributed by atoms with Crippen molar-refractivity contribution in [1.82, 2.24) is 0 Å². The van der Waals surface area contributed by atoms with Crippen LogP contribution in [0.15, 0.2) is 52.3 Å². The van der Waals surface area contributed by atoms with Gasteiger partial charge >= 0.3 is 0 Å². The summed E-state index contributed by atoms with van der Waals surface area (Å²) in [5, 5.41) is 0. The normalized spacial score (nSPS) is 14.6. The zero-order chi connectivity index (χ0) is 15.6.